The van der Waals surface area contributed by atoms with E-state index < -0.39 is 0 Å². The Morgan fingerprint density at radius 3 is 2.52 bits per heavy atom. The number of anilines is 1. The van der Waals surface area contributed by atoms with Crippen LogP contribution in [-0.4, -0.2) is 35.0 Å². The van der Waals surface area contributed by atoms with E-state index in [2.05, 4.69) is 34.0 Å². The molecule has 1 aliphatic rings. The van der Waals surface area contributed by atoms with Gasteiger partial charge in [-0.15, -0.1) is 0 Å². The normalized spacial score (nSPS) is 15.1. The molecule has 1 aromatic heterocycles. The second-order valence-corrected chi connectivity index (χ2v) is 5.70. The number of aromatic nitrogens is 2. The number of carbonyl (C=O) groups is 1. The molecule has 0 unspecified atom stereocenters. The van der Waals surface area contributed by atoms with Crippen molar-refractivity contribution in [2.75, 3.05) is 18.0 Å². The van der Waals surface area contributed by atoms with Crippen molar-refractivity contribution in [1.29, 1.82) is 0 Å². The minimum absolute atomic E-state index is 0.0708. The molecule has 1 amide bonds. The fraction of sp³-hybridized carbons (Fsp3) is 0.688. The molecule has 1 saturated carbocycles. The summed E-state index contributed by atoms with van der Waals surface area (Å²) in [6.07, 6.45) is 8.21. The highest BCUT2D eigenvalue weighted by Gasteiger charge is 2.19. The molecule has 1 heterocycles. The predicted octanol–water partition coefficient (Wildman–Crippen LogP) is 2.78. The van der Waals surface area contributed by atoms with E-state index in [0.29, 0.717) is 11.7 Å². The Balaban J connectivity index is 2.06. The van der Waals surface area contributed by atoms with Crippen LogP contribution < -0.4 is 10.2 Å². The molecule has 0 radical (unpaired) electrons. The molecule has 116 valence electrons. The van der Waals surface area contributed by atoms with Crippen molar-refractivity contribution in [2.24, 2.45) is 0 Å². The lowest BCUT2D eigenvalue weighted by molar-refractivity contribution is 0.0932. The number of nitrogens with one attached hydrogen (secondary N) is 1. The summed E-state index contributed by atoms with van der Waals surface area (Å²) in [5.41, 5.74) is 0.476. The summed E-state index contributed by atoms with van der Waals surface area (Å²) in [7, 11) is 0. The van der Waals surface area contributed by atoms with Gasteiger partial charge < -0.3 is 10.2 Å². The summed E-state index contributed by atoms with van der Waals surface area (Å²) in [6, 6.07) is 2.13. The minimum atomic E-state index is -0.0708. The highest BCUT2D eigenvalue weighted by atomic mass is 16.1. The van der Waals surface area contributed by atoms with E-state index in [1.807, 2.05) is 6.07 Å². The molecule has 1 fully saturated rings. The Labute approximate surface area is 127 Å². The van der Waals surface area contributed by atoms with Gasteiger partial charge in [0.1, 0.15) is 17.8 Å². The largest absolute Gasteiger partial charge is 0.357 e. The van der Waals surface area contributed by atoms with Crippen LogP contribution in [0.5, 0.6) is 0 Å². The van der Waals surface area contributed by atoms with Gasteiger partial charge in [-0.25, -0.2) is 9.97 Å². The van der Waals surface area contributed by atoms with Crippen LogP contribution in [0.25, 0.3) is 0 Å². The lowest BCUT2D eigenvalue weighted by Crippen LogP contribution is -2.33. The number of amides is 1. The molecule has 2 rings (SSSR count). The zero-order chi connectivity index (χ0) is 15.1. The standard InChI is InChI=1S/C16H26N4O/c1-3-9-20(10-4-2)15-11-14(17-12-18-15)16(21)19-13-7-5-6-8-13/h11-13H,3-10H2,1-2H3,(H,19,21). The minimum Gasteiger partial charge on any atom is -0.357 e. The topological polar surface area (TPSA) is 58.1 Å². The SMILES string of the molecule is CCCN(CCC)c1cc(C(=O)NC2CCCC2)ncn1. The van der Waals surface area contributed by atoms with E-state index in [1.54, 1.807) is 0 Å². The molecule has 1 N–H and O–H groups in total. The van der Waals surface area contributed by atoms with Gasteiger partial charge in [0.05, 0.1) is 0 Å². The Morgan fingerprint density at radius 2 is 1.90 bits per heavy atom. The monoisotopic (exact) mass is 290 g/mol. The van der Waals surface area contributed by atoms with Gasteiger partial charge in [-0.3, -0.25) is 4.79 Å². The molecular weight excluding hydrogens is 264 g/mol. The Kier molecular flexibility index (Phi) is 5.96. The third-order valence-electron chi connectivity index (χ3n) is 3.89. The molecular formula is C16H26N4O. The fourth-order valence-electron chi connectivity index (χ4n) is 2.85. The number of rotatable bonds is 7. The molecule has 1 aromatic rings. The first-order chi connectivity index (χ1) is 10.2. The first kappa shape index (κ1) is 15.7. The van der Waals surface area contributed by atoms with Crippen LogP contribution in [-0.2, 0) is 0 Å². The van der Waals surface area contributed by atoms with Crippen molar-refractivity contribution in [2.45, 2.75) is 58.4 Å². The third-order valence-corrected chi connectivity index (χ3v) is 3.89. The molecule has 0 bridgehead atoms. The quantitative estimate of drug-likeness (QED) is 0.839. The molecule has 0 saturated heterocycles. The van der Waals surface area contributed by atoms with E-state index in [9.17, 15) is 4.79 Å². The fourth-order valence-corrected chi connectivity index (χ4v) is 2.85. The second-order valence-electron chi connectivity index (χ2n) is 5.70. The Morgan fingerprint density at radius 1 is 1.24 bits per heavy atom. The van der Waals surface area contributed by atoms with Crippen LogP contribution in [0, 0.1) is 0 Å². The van der Waals surface area contributed by atoms with Crippen molar-refractivity contribution in [3.8, 4) is 0 Å². The van der Waals surface area contributed by atoms with Crippen LogP contribution >= 0.6 is 0 Å². The first-order valence-electron chi connectivity index (χ1n) is 8.12. The predicted molar refractivity (Wildman–Crippen MR) is 84.5 cm³/mol. The van der Waals surface area contributed by atoms with Crippen LogP contribution in [0.2, 0.25) is 0 Å². The summed E-state index contributed by atoms with van der Waals surface area (Å²) >= 11 is 0. The van der Waals surface area contributed by atoms with E-state index in [1.165, 1.54) is 19.2 Å². The Hall–Kier alpha value is -1.65. The zero-order valence-corrected chi connectivity index (χ0v) is 13.1. The number of hydrogen-bond donors (Lipinski definition) is 1. The first-order valence-corrected chi connectivity index (χ1v) is 8.12. The maximum absolute atomic E-state index is 12.3. The van der Waals surface area contributed by atoms with Crippen molar-refractivity contribution < 1.29 is 4.79 Å². The summed E-state index contributed by atoms with van der Waals surface area (Å²) in [6.45, 7) is 6.21. The van der Waals surface area contributed by atoms with Crippen LogP contribution in [0.3, 0.4) is 0 Å². The summed E-state index contributed by atoms with van der Waals surface area (Å²) in [5, 5.41) is 3.08. The van der Waals surface area contributed by atoms with Crippen molar-refractivity contribution in [3.63, 3.8) is 0 Å². The van der Waals surface area contributed by atoms with Crippen LogP contribution in [0.1, 0.15) is 62.9 Å². The number of hydrogen-bond acceptors (Lipinski definition) is 4. The third kappa shape index (κ3) is 4.41. The average Bonchev–Trinajstić information content (AvgIpc) is 3.00. The van der Waals surface area contributed by atoms with Crippen LogP contribution in [0.15, 0.2) is 12.4 Å². The van der Waals surface area contributed by atoms with Gasteiger partial charge >= 0.3 is 0 Å². The van der Waals surface area contributed by atoms with Crippen molar-refractivity contribution in [1.82, 2.24) is 15.3 Å². The van der Waals surface area contributed by atoms with Crippen molar-refractivity contribution in [3.05, 3.63) is 18.1 Å². The lowest BCUT2D eigenvalue weighted by Gasteiger charge is -2.22. The van der Waals surface area contributed by atoms with E-state index in [4.69, 9.17) is 0 Å². The second kappa shape index (κ2) is 7.96. The maximum Gasteiger partial charge on any atom is 0.270 e. The van der Waals surface area contributed by atoms with Crippen LogP contribution in [0.4, 0.5) is 5.82 Å². The number of nitrogens with zero attached hydrogens (tertiary/aromatic N) is 3. The van der Waals surface area contributed by atoms with E-state index in [-0.39, 0.29) is 5.91 Å². The van der Waals surface area contributed by atoms with Gasteiger partial charge in [-0.2, -0.15) is 0 Å². The average molecular weight is 290 g/mol. The summed E-state index contributed by atoms with van der Waals surface area (Å²) in [4.78, 5) is 22.9. The highest BCUT2D eigenvalue weighted by Crippen LogP contribution is 2.18. The Bertz CT molecular complexity index is 451. The van der Waals surface area contributed by atoms with Gasteiger partial charge in [0, 0.05) is 25.2 Å². The molecule has 0 spiro atoms. The summed E-state index contributed by atoms with van der Waals surface area (Å²) in [5.74, 6) is 0.781. The summed E-state index contributed by atoms with van der Waals surface area (Å²) < 4.78 is 0. The van der Waals surface area contributed by atoms with Gasteiger partial charge in [0.15, 0.2) is 0 Å². The van der Waals surface area contributed by atoms with E-state index >= 15 is 0 Å². The van der Waals surface area contributed by atoms with Gasteiger partial charge in [-0.05, 0) is 25.7 Å². The highest BCUT2D eigenvalue weighted by molar-refractivity contribution is 5.93. The molecule has 5 heteroatoms. The van der Waals surface area contributed by atoms with Gasteiger partial charge in [-0.1, -0.05) is 26.7 Å². The lowest BCUT2D eigenvalue weighted by atomic mass is 10.2. The van der Waals surface area contributed by atoms with Crippen molar-refractivity contribution >= 4 is 11.7 Å². The molecule has 21 heavy (non-hydrogen) atoms. The molecule has 1 aliphatic carbocycles. The molecule has 0 aromatic carbocycles. The molecule has 5 nitrogen and oxygen atoms in total. The van der Waals surface area contributed by atoms with E-state index in [0.717, 1.165) is 44.6 Å². The van der Waals surface area contributed by atoms with Gasteiger partial charge in [0.2, 0.25) is 0 Å². The zero-order valence-electron chi connectivity index (χ0n) is 13.1. The molecule has 0 atom stereocenters. The maximum atomic E-state index is 12.3. The van der Waals surface area contributed by atoms with Gasteiger partial charge in [0.25, 0.3) is 5.91 Å². The molecule has 0 aliphatic heterocycles. The smallest absolute Gasteiger partial charge is 0.270 e. The number of carbonyl (C=O) groups excluding carboxylic acids is 1.